The van der Waals surface area contributed by atoms with E-state index in [1.807, 2.05) is 73.7 Å². The third kappa shape index (κ3) is 6.33. The number of hydrogen-bond donors (Lipinski definition) is 3. The molecule has 198 valence electrons. The number of methoxy groups -OCH3 is 1. The number of dihydropyridines is 1. The van der Waals surface area contributed by atoms with Crippen molar-refractivity contribution in [2.45, 2.75) is 26.2 Å². The van der Waals surface area contributed by atoms with Crippen LogP contribution in [0.25, 0.3) is 0 Å². The van der Waals surface area contributed by atoms with Gasteiger partial charge in [0.25, 0.3) is 5.91 Å². The molecule has 3 aromatic rings. The summed E-state index contributed by atoms with van der Waals surface area (Å²) >= 11 is 1.24. The van der Waals surface area contributed by atoms with Crippen LogP contribution < -0.4 is 20.7 Å². The van der Waals surface area contributed by atoms with Crippen molar-refractivity contribution in [2.75, 3.05) is 23.5 Å². The summed E-state index contributed by atoms with van der Waals surface area (Å²) in [5.74, 6) is -0.497. The minimum atomic E-state index is -0.612. The smallest absolute Gasteiger partial charge is 0.254 e. The lowest BCUT2D eigenvalue weighted by Gasteiger charge is -2.30. The van der Waals surface area contributed by atoms with Gasteiger partial charge < -0.3 is 20.7 Å². The van der Waals surface area contributed by atoms with Crippen LogP contribution in [-0.2, 0) is 16.0 Å². The molecule has 7 nitrogen and oxygen atoms in total. The SMILES string of the molecule is CCc1ccccc1NC(=O)CSC1=C(C#N)[C@H](c2ccccc2)C(C(=O)Nc2ccccc2OC)=C(C)N1. The van der Waals surface area contributed by atoms with Crippen LogP contribution in [0.3, 0.4) is 0 Å². The zero-order valence-corrected chi connectivity index (χ0v) is 22.9. The average Bonchev–Trinajstić information content (AvgIpc) is 2.96. The molecule has 2 amide bonds. The number of thioether (sulfide) groups is 1. The van der Waals surface area contributed by atoms with Crippen molar-refractivity contribution >= 4 is 35.0 Å². The fraction of sp³-hybridized carbons (Fsp3) is 0.194. The molecule has 3 N–H and O–H groups in total. The Kier molecular flexibility index (Phi) is 9.08. The van der Waals surface area contributed by atoms with Crippen LogP contribution in [-0.4, -0.2) is 24.7 Å². The molecule has 1 atom stereocenters. The Bertz CT molecular complexity index is 1470. The standard InChI is InChI=1S/C31H30N4O3S/c1-4-21-12-8-9-15-24(21)34-27(36)19-39-31-23(18-32)29(22-13-6-5-7-14-22)28(20(2)33-31)30(37)35-25-16-10-11-17-26(25)38-3/h5-17,29,33H,4,19H2,1-3H3,(H,34,36)(H,35,37)/t29-/m0/s1. The van der Waals surface area contributed by atoms with Crippen molar-refractivity contribution in [2.24, 2.45) is 0 Å². The summed E-state index contributed by atoms with van der Waals surface area (Å²) in [4.78, 5) is 26.5. The van der Waals surface area contributed by atoms with Crippen LogP contribution >= 0.6 is 11.8 Å². The van der Waals surface area contributed by atoms with Gasteiger partial charge in [0.05, 0.1) is 41.1 Å². The van der Waals surface area contributed by atoms with Gasteiger partial charge in [0.15, 0.2) is 0 Å². The summed E-state index contributed by atoms with van der Waals surface area (Å²) in [6.45, 7) is 3.84. The summed E-state index contributed by atoms with van der Waals surface area (Å²) < 4.78 is 5.39. The fourth-order valence-electron chi connectivity index (χ4n) is 4.52. The Morgan fingerprint density at radius 2 is 1.64 bits per heavy atom. The molecule has 0 bridgehead atoms. The van der Waals surface area contributed by atoms with Gasteiger partial charge in [0.1, 0.15) is 5.75 Å². The van der Waals surface area contributed by atoms with E-state index in [1.165, 1.54) is 11.8 Å². The topological polar surface area (TPSA) is 103 Å². The number of para-hydroxylation sites is 3. The molecule has 8 heteroatoms. The fourth-order valence-corrected chi connectivity index (χ4v) is 5.41. The number of benzene rings is 3. The van der Waals surface area contributed by atoms with Gasteiger partial charge in [0.2, 0.25) is 5.91 Å². The van der Waals surface area contributed by atoms with E-state index in [2.05, 4.69) is 22.0 Å². The average molecular weight is 539 g/mol. The van der Waals surface area contributed by atoms with Crippen LogP contribution in [0.1, 0.15) is 30.9 Å². The van der Waals surface area contributed by atoms with Gasteiger partial charge in [-0.25, -0.2) is 0 Å². The Balaban J connectivity index is 1.62. The van der Waals surface area contributed by atoms with E-state index >= 15 is 0 Å². The van der Waals surface area contributed by atoms with Crippen LogP contribution in [0.2, 0.25) is 0 Å². The first kappa shape index (κ1) is 27.6. The summed E-state index contributed by atoms with van der Waals surface area (Å²) in [5.41, 5.74) is 4.58. The molecule has 0 saturated carbocycles. The number of aryl methyl sites for hydroxylation is 1. The molecular formula is C31H30N4O3S. The first-order chi connectivity index (χ1) is 19.0. The monoisotopic (exact) mass is 538 g/mol. The van der Waals surface area contributed by atoms with Gasteiger partial charge in [-0.15, -0.1) is 0 Å². The Morgan fingerprint density at radius 3 is 2.33 bits per heavy atom. The van der Waals surface area contributed by atoms with E-state index in [0.717, 1.165) is 23.2 Å². The number of rotatable bonds is 9. The lowest BCUT2D eigenvalue weighted by molar-refractivity contribution is -0.114. The van der Waals surface area contributed by atoms with E-state index < -0.39 is 5.92 Å². The van der Waals surface area contributed by atoms with Crippen molar-refractivity contribution in [3.05, 3.63) is 112 Å². The van der Waals surface area contributed by atoms with Crippen molar-refractivity contribution in [3.63, 3.8) is 0 Å². The zero-order valence-electron chi connectivity index (χ0n) is 22.1. The van der Waals surface area contributed by atoms with Crippen LogP contribution in [0, 0.1) is 11.3 Å². The molecule has 1 aliphatic rings. The molecule has 0 radical (unpaired) electrons. The van der Waals surface area contributed by atoms with E-state index in [0.29, 0.717) is 33.3 Å². The first-order valence-corrected chi connectivity index (χ1v) is 13.6. The summed E-state index contributed by atoms with van der Waals surface area (Å²) in [5, 5.41) is 20.0. The van der Waals surface area contributed by atoms with Crippen molar-refractivity contribution < 1.29 is 14.3 Å². The predicted octanol–water partition coefficient (Wildman–Crippen LogP) is 5.96. The van der Waals surface area contributed by atoms with Crippen molar-refractivity contribution in [1.82, 2.24) is 5.32 Å². The number of nitrogens with zero attached hydrogens (tertiary/aromatic N) is 1. The number of carbonyl (C=O) groups is 2. The molecule has 39 heavy (non-hydrogen) atoms. The highest BCUT2D eigenvalue weighted by molar-refractivity contribution is 8.03. The molecule has 0 aromatic heterocycles. The first-order valence-electron chi connectivity index (χ1n) is 12.6. The number of nitrogens with one attached hydrogen (secondary N) is 3. The van der Waals surface area contributed by atoms with Crippen LogP contribution in [0.5, 0.6) is 5.75 Å². The van der Waals surface area contributed by atoms with Crippen molar-refractivity contribution in [3.8, 4) is 11.8 Å². The summed E-state index contributed by atoms with van der Waals surface area (Å²) in [6.07, 6.45) is 0.803. The predicted molar refractivity (Wildman–Crippen MR) is 156 cm³/mol. The summed E-state index contributed by atoms with van der Waals surface area (Å²) in [7, 11) is 1.54. The molecule has 1 aliphatic heterocycles. The zero-order chi connectivity index (χ0) is 27.8. The van der Waals surface area contributed by atoms with Gasteiger partial charge >= 0.3 is 0 Å². The number of nitriles is 1. The second-order valence-electron chi connectivity index (χ2n) is 8.86. The highest BCUT2D eigenvalue weighted by Crippen LogP contribution is 2.41. The van der Waals surface area contributed by atoms with E-state index in [1.54, 1.807) is 26.2 Å². The molecule has 0 spiro atoms. The van der Waals surface area contributed by atoms with Crippen LogP contribution in [0.4, 0.5) is 11.4 Å². The molecule has 0 fully saturated rings. The maximum absolute atomic E-state index is 13.7. The van der Waals surface area contributed by atoms with Gasteiger partial charge in [-0.3, -0.25) is 9.59 Å². The highest BCUT2D eigenvalue weighted by atomic mass is 32.2. The van der Waals surface area contributed by atoms with Gasteiger partial charge in [0, 0.05) is 17.0 Å². The molecule has 0 saturated heterocycles. The minimum absolute atomic E-state index is 0.100. The second-order valence-corrected chi connectivity index (χ2v) is 9.85. The van der Waals surface area contributed by atoms with E-state index in [9.17, 15) is 14.9 Å². The van der Waals surface area contributed by atoms with E-state index in [4.69, 9.17) is 4.74 Å². The Hall–Kier alpha value is -4.48. The van der Waals surface area contributed by atoms with Crippen LogP contribution in [0.15, 0.2) is 101 Å². The van der Waals surface area contributed by atoms with E-state index in [-0.39, 0.29) is 17.6 Å². The van der Waals surface area contributed by atoms with Crippen molar-refractivity contribution in [1.29, 1.82) is 5.26 Å². The Labute approximate surface area is 233 Å². The number of anilines is 2. The third-order valence-electron chi connectivity index (χ3n) is 6.40. The second kappa shape index (κ2) is 12.9. The summed E-state index contributed by atoms with van der Waals surface area (Å²) in [6, 6.07) is 26.6. The number of amides is 2. The molecular weight excluding hydrogens is 508 g/mol. The number of allylic oxidation sites excluding steroid dienone is 2. The number of hydrogen-bond acceptors (Lipinski definition) is 6. The maximum atomic E-state index is 13.7. The molecule has 3 aromatic carbocycles. The number of ether oxygens (including phenoxy) is 1. The van der Waals surface area contributed by atoms with Gasteiger partial charge in [-0.1, -0.05) is 79.3 Å². The molecule has 4 rings (SSSR count). The highest BCUT2D eigenvalue weighted by Gasteiger charge is 2.35. The van der Waals surface area contributed by atoms with Gasteiger partial charge in [-0.2, -0.15) is 5.26 Å². The minimum Gasteiger partial charge on any atom is -0.495 e. The van der Waals surface area contributed by atoms with Gasteiger partial charge in [-0.05, 0) is 42.7 Å². The molecule has 1 heterocycles. The molecule has 0 aliphatic carbocycles. The third-order valence-corrected chi connectivity index (χ3v) is 7.42. The Morgan fingerprint density at radius 1 is 0.974 bits per heavy atom. The number of carbonyl (C=O) groups excluding carboxylic acids is 2. The molecule has 0 unspecified atom stereocenters. The lowest BCUT2D eigenvalue weighted by Crippen LogP contribution is -2.31. The maximum Gasteiger partial charge on any atom is 0.254 e. The lowest BCUT2D eigenvalue weighted by atomic mass is 9.82. The quantitative estimate of drug-likeness (QED) is 0.310. The largest absolute Gasteiger partial charge is 0.495 e. The normalized spacial score (nSPS) is 14.8.